The number of carbonyl (C=O) groups is 1. The van der Waals surface area contributed by atoms with Crippen molar-refractivity contribution in [3.63, 3.8) is 0 Å². The van der Waals surface area contributed by atoms with Crippen LogP contribution in [0.1, 0.15) is 31.1 Å². The molecule has 0 aromatic heterocycles. The van der Waals surface area contributed by atoms with E-state index >= 15 is 0 Å². The minimum atomic E-state index is -0.151. The normalized spacial score (nSPS) is 19.3. The van der Waals surface area contributed by atoms with Crippen molar-refractivity contribution in [2.24, 2.45) is 0 Å². The molecule has 1 heterocycles. The van der Waals surface area contributed by atoms with Crippen molar-refractivity contribution in [1.82, 2.24) is 15.1 Å². The minimum absolute atomic E-state index is 0.0352. The van der Waals surface area contributed by atoms with Crippen LogP contribution in [-0.4, -0.2) is 74.7 Å². The van der Waals surface area contributed by atoms with Crippen molar-refractivity contribution in [3.8, 4) is 5.75 Å². The number of likely N-dealkylation sites (N-methyl/N-ethyl adjacent to an activating group) is 2. The molecule has 1 aliphatic heterocycles. The number of nitrogens with zero attached hydrogens (tertiary/aromatic N) is 2. The molecule has 6 nitrogen and oxygen atoms in total. The molecule has 1 unspecified atom stereocenters. The Bertz CT molecular complexity index is 624. The van der Waals surface area contributed by atoms with Crippen LogP contribution in [0.15, 0.2) is 12.1 Å². The quantitative estimate of drug-likeness (QED) is 0.791. The van der Waals surface area contributed by atoms with E-state index in [4.69, 9.17) is 16.3 Å². The smallest absolute Gasteiger partial charge is 0.255 e. The molecule has 0 spiro atoms. The number of benzene rings is 1. The molecular weight excluding hydrogens is 352 g/mol. The number of ether oxygens (including phenoxy) is 1. The van der Waals surface area contributed by atoms with Gasteiger partial charge >= 0.3 is 0 Å². The number of rotatable bonds is 6. The van der Waals surface area contributed by atoms with Gasteiger partial charge in [0, 0.05) is 39.3 Å². The van der Waals surface area contributed by atoms with Crippen LogP contribution >= 0.6 is 11.6 Å². The Morgan fingerprint density at radius 2 is 2.08 bits per heavy atom. The third-order valence-corrected chi connectivity index (χ3v) is 4.85. The molecular formula is C19H31ClN4O2. The zero-order valence-corrected chi connectivity index (χ0v) is 17.2. The maximum absolute atomic E-state index is 13.0. The van der Waals surface area contributed by atoms with Gasteiger partial charge in [-0.25, -0.2) is 0 Å². The van der Waals surface area contributed by atoms with Gasteiger partial charge in [0.1, 0.15) is 5.75 Å². The molecule has 1 aromatic carbocycles. The van der Waals surface area contributed by atoms with Gasteiger partial charge in [-0.05, 0) is 33.5 Å². The maximum atomic E-state index is 13.0. The fourth-order valence-electron chi connectivity index (χ4n) is 3.16. The second-order valence-electron chi connectivity index (χ2n) is 7.07. The van der Waals surface area contributed by atoms with Crippen molar-refractivity contribution >= 4 is 23.2 Å². The molecule has 1 aliphatic rings. The second kappa shape index (κ2) is 9.44. The van der Waals surface area contributed by atoms with Crippen molar-refractivity contribution < 1.29 is 9.53 Å². The molecule has 146 valence electrons. The Hall–Kier alpha value is -1.50. The molecule has 2 rings (SSSR count). The monoisotopic (exact) mass is 382 g/mol. The average molecular weight is 383 g/mol. The summed E-state index contributed by atoms with van der Waals surface area (Å²) in [6, 6.07) is 3.53. The first-order chi connectivity index (χ1) is 12.3. The Labute approximate surface area is 161 Å². The molecule has 0 bridgehead atoms. The van der Waals surface area contributed by atoms with Gasteiger partial charge in [-0.15, -0.1) is 0 Å². The molecule has 1 atom stereocenters. The van der Waals surface area contributed by atoms with E-state index in [-0.39, 0.29) is 18.1 Å². The zero-order chi connectivity index (χ0) is 19.3. The molecule has 7 heteroatoms. The second-order valence-corrected chi connectivity index (χ2v) is 7.48. The van der Waals surface area contributed by atoms with Crippen LogP contribution < -0.4 is 15.4 Å². The summed E-state index contributed by atoms with van der Waals surface area (Å²) >= 11 is 6.31. The maximum Gasteiger partial charge on any atom is 0.255 e. The first kappa shape index (κ1) is 20.8. The van der Waals surface area contributed by atoms with Gasteiger partial charge in [-0.2, -0.15) is 0 Å². The fraction of sp³-hybridized carbons (Fsp3) is 0.632. The highest BCUT2D eigenvalue weighted by atomic mass is 35.5. The highest BCUT2D eigenvalue weighted by molar-refractivity contribution is 6.33. The number of nitrogens with one attached hydrogen (secondary N) is 2. The third kappa shape index (κ3) is 5.50. The fourth-order valence-corrected chi connectivity index (χ4v) is 3.41. The van der Waals surface area contributed by atoms with E-state index in [1.165, 1.54) is 0 Å². The van der Waals surface area contributed by atoms with Gasteiger partial charge < -0.3 is 25.2 Å². The van der Waals surface area contributed by atoms with Gasteiger partial charge in [-0.1, -0.05) is 18.5 Å². The molecule has 2 N–H and O–H groups in total. The van der Waals surface area contributed by atoms with Crippen molar-refractivity contribution in [2.45, 2.75) is 32.9 Å². The number of carbonyl (C=O) groups excluding carboxylic acids is 1. The lowest BCUT2D eigenvalue weighted by Crippen LogP contribution is -2.46. The first-order valence-electron chi connectivity index (χ1n) is 9.23. The van der Waals surface area contributed by atoms with E-state index in [0.29, 0.717) is 16.3 Å². The largest absolute Gasteiger partial charge is 0.490 e. The number of anilines is 1. The molecule has 26 heavy (non-hydrogen) atoms. The van der Waals surface area contributed by atoms with Crippen LogP contribution in [0.5, 0.6) is 5.75 Å². The Morgan fingerprint density at radius 3 is 2.69 bits per heavy atom. The van der Waals surface area contributed by atoms with Crippen molar-refractivity contribution in [3.05, 3.63) is 22.7 Å². The summed E-state index contributed by atoms with van der Waals surface area (Å²) in [5, 5.41) is 6.70. The van der Waals surface area contributed by atoms with Gasteiger partial charge in [0.05, 0.1) is 28.4 Å². The van der Waals surface area contributed by atoms with Crippen LogP contribution in [-0.2, 0) is 0 Å². The van der Waals surface area contributed by atoms with E-state index in [9.17, 15) is 4.79 Å². The van der Waals surface area contributed by atoms with Gasteiger partial charge in [-0.3, -0.25) is 4.79 Å². The molecule has 1 fully saturated rings. The molecule has 0 saturated carbocycles. The predicted octanol–water partition coefficient (Wildman–Crippen LogP) is 2.53. The van der Waals surface area contributed by atoms with E-state index < -0.39 is 0 Å². The SMILES string of the molecule is CCN1CCN(C)CC(NC(=O)c2cc(Cl)c(NC)cc2OC(C)C)C1. The Balaban J connectivity index is 2.23. The highest BCUT2D eigenvalue weighted by Crippen LogP contribution is 2.31. The van der Waals surface area contributed by atoms with E-state index in [1.54, 1.807) is 19.2 Å². The highest BCUT2D eigenvalue weighted by Gasteiger charge is 2.24. The average Bonchev–Trinajstić information content (AvgIpc) is 2.76. The van der Waals surface area contributed by atoms with Gasteiger partial charge in [0.15, 0.2) is 0 Å². The number of halogens is 1. The molecule has 1 aromatic rings. The lowest BCUT2D eigenvalue weighted by Gasteiger charge is -2.24. The van der Waals surface area contributed by atoms with E-state index in [0.717, 1.165) is 38.4 Å². The topological polar surface area (TPSA) is 56.8 Å². The van der Waals surface area contributed by atoms with Crippen LogP contribution in [0.4, 0.5) is 5.69 Å². The van der Waals surface area contributed by atoms with Crippen molar-refractivity contribution in [1.29, 1.82) is 0 Å². The van der Waals surface area contributed by atoms with Gasteiger partial charge in [0.2, 0.25) is 0 Å². The van der Waals surface area contributed by atoms with Crippen LogP contribution in [0, 0.1) is 0 Å². The molecule has 0 aliphatic carbocycles. The summed E-state index contributed by atoms with van der Waals surface area (Å²) in [7, 11) is 3.88. The zero-order valence-electron chi connectivity index (χ0n) is 16.4. The summed E-state index contributed by atoms with van der Waals surface area (Å²) < 4.78 is 5.86. The number of amides is 1. The summed E-state index contributed by atoms with van der Waals surface area (Å²) in [6.45, 7) is 10.7. The summed E-state index contributed by atoms with van der Waals surface area (Å²) in [5.41, 5.74) is 1.21. The molecule has 1 amide bonds. The van der Waals surface area contributed by atoms with E-state index in [1.807, 2.05) is 13.8 Å². The predicted molar refractivity (Wildman–Crippen MR) is 108 cm³/mol. The van der Waals surface area contributed by atoms with Crippen molar-refractivity contribution in [2.75, 3.05) is 52.1 Å². The minimum Gasteiger partial charge on any atom is -0.490 e. The lowest BCUT2D eigenvalue weighted by molar-refractivity contribution is 0.0919. The van der Waals surface area contributed by atoms with Gasteiger partial charge in [0.25, 0.3) is 5.91 Å². The first-order valence-corrected chi connectivity index (χ1v) is 9.61. The standard InChI is InChI=1S/C19H31ClN4O2/c1-6-24-8-7-23(5)11-14(12-24)22-19(25)15-9-16(20)17(21-4)10-18(15)26-13(2)3/h9-10,13-14,21H,6-8,11-12H2,1-5H3,(H,22,25). The number of hydrogen-bond donors (Lipinski definition) is 2. The molecule has 0 radical (unpaired) electrons. The Kier molecular flexibility index (Phi) is 7.55. The summed E-state index contributed by atoms with van der Waals surface area (Å²) in [6.07, 6.45) is -0.0352. The summed E-state index contributed by atoms with van der Waals surface area (Å²) in [5.74, 6) is 0.391. The number of hydrogen-bond acceptors (Lipinski definition) is 5. The third-order valence-electron chi connectivity index (χ3n) is 4.54. The van der Waals surface area contributed by atoms with Crippen LogP contribution in [0.2, 0.25) is 5.02 Å². The Morgan fingerprint density at radius 1 is 1.35 bits per heavy atom. The lowest BCUT2D eigenvalue weighted by atomic mass is 10.1. The van der Waals surface area contributed by atoms with E-state index in [2.05, 4.69) is 34.4 Å². The summed E-state index contributed by atoms with van der Waals surface area (Å²) in [4.78, 5) is 17.6. The molecule has 1 saturated heterocycles. The van der Waals surface area contributed by atoms with Crippen LogP contribution in [0.25, 0.3) is 0 Å². The van der Waals surface area contributed by atoms with Crippen LogP contribution in [0.3, 0.4) is 0 Å².